The number of rotatable bonds is 4. The summed E-state index contributed by atoms with van der Waals surface area (Å²) in [6, 6.07) is 4.12. The Bertz CT molecular complexity index is 991. The van der Waals surface area contributed by atoms with E-state index in [4.69, 9.17) is 0 Å². The van der Waals surface area contributed by atoms with Crippen molar-refractivity contribution in [2.45, 2.75) is 23.9 Å². The fraction of sp³-hybridized carbons (Fsp3) is 0.500. The smallest absolute Gasteiger partial charge is 0.283 e. The highest BCUT2D eigenvalue weighted by atomic mass is 32.2. The molecule has 1 aromatic carbocycles. The second kappa shape index (κ2) is 8.03. The number of halogens is 3. The fourth-order valence-electron chi connectivity index (χ4n) is 4.38. The number of fused-ring (bicyclic) bond motifs is 1. The molecule has 11 heteroatoms. The SMILES string of the molecule is O=C1C2CC=CCC2C(=O)N1CN1CCN(S(=O)(=O)c2ccccc2C(F)(F)F)CC1. The molecular formula is C20H22F3N3O4S. The molecule has 1 aromatic rings. The molecule has 31 heavy (non-hydrogen) atoms. The van der Waals surface area contributed by atoms with Gasteiger partial charge in [0.2, 0.25) is 21.8 Å². The average molecular weight is 457 g/mol. The minimum absolute atomic E-state index is 0.0286. The Kier molecular flexibility index (Phi) is 5.69. The van der Waals surface area contributed by atoms with Gasteiger partial charge in [-0.1, -0.05) is 24.3 Å². The van der Waals surface area contributed by atoms with Crippen LogP contribution in [0.25, 0.3) is 0 Å². The van der Waals surface area contributed by atoms with E-state index in [0.717, 1.165) is 22.5 Å². The normalized spacial score (nSPS) is 25.8. The Hall–Kier alpha value is -2.24. The quantitative estimate of drug-likeness (QED) is 0.510. The number of sulfonamides is 1. The van der Waals surface area contributed by atoms with Crippen molar-refractivity contribution in [3.63, 3.8) is 0 Å². The summed E-state index contributed by atoms with van der Waals surface area (Å²) in [7, 11) is -4.33. The van der Waals surface area contributed by atoms with Gasteiger partial charge in [-0.2, -0.15) is 17.5 Å². The number of alkyl halides is 3. The molecule has 2 fully saturated rings. The molecule has 7 nitrogen and oxygen atoms in total. The van der Waals surface area contributed by atoms with Crippen LogP contribution in [0.3, 0.4) is 0 Å². The zero-order chi connectivity index (χ0) is 22.4. The Morgan fingerprint density at radius 3 is 2.00 bits per heavy atom. The van der Waals surface area contributed by atoms with E-state index in [0.29, 0.717) is 12.8 Å². The molecule has 4 rings (SSSR count). The first-order valence-corrected chi connectivity index (χ1v) is 11.4. The van der Waals surface area contributed by atoms with Crippen LogP contribution in [0, 0.1) is 11.8 Å². The Balaban J connectivity index is 1.43. The Morgan fingerprint density at radius 2 is 1.45 bits per heavy atom. The number of nitrogens with zero attached hydrogens (tertiary/aromatic N) is 3. The van der Waals surface area contributed by atoms with Gasteiger partial charge in [0.05, 0.1) is 29.0 Å². The first kappa shape index (κ1) is 22.0. The van der Waals surface area contributed by atoms with Gasteiger partial charge in [0.1, 0.15) is 0 Å². The third-order valence-corrected chi connectivity index (χ3v) is 8.04. The van der Waals surface area contributed by atoms with Gasteiger partial charge >= 0.3 is 6.18 Å². The predicted molar refractivity (Wildman–Crippen MR) is 104 cm³/mol. The molecule has 3 aliphatic rings. The average Bonchev–Trinajstić information content (AvgIpc) is 2.99. The van der Waals surface area contributed by atoms with Gasteiger partial charge in [-0.15, -0.1) is 0 Å². The maximum Gasteiger partial charge on any atom is 0.417 e. The van der Waals surface area contributed by atoms with E-state index in [1.807, 2.05) is 12.2 Å². The first-order chi connectivity index (χ1) is 14.6. The summed E-state index contributed by atoms with van der Waals surface area (Å²) in [6.45, 7) is 0.423. The lowest BCUT2D eigenvalue weighted by Crippen LogP contribution is -2.52. The van der Waals surface area contributed by atoms with E-state index in [9.17, 15) is 31.2 Å². The largest absolute Gasteiger partial charge is 0.417 e. The summed E-state index contributed by atoms with van der Waals surface area (Å²) >= 11 is 0. The van der Waals surface area contributed by atoms with Crippen molar-refractivity contribution >= 4 is 21.8 Å². The van der Waals surface area contributed by atoms with Gasteiger partial charge in [-0.3, -0.25) is 19.4 Å². The maximum atomic E-state index is 13.3. The lowest BCUT2D eigenvalue weighted by molar-refractivity contribution is -0.143. The van der Waals surface area contributed by atoms with Crippen LogP contribution in [0.15, 0.2) is 41.3 Å². The van der Waals surface area contributed by atoms with Gasteiger partial charge in [0.25, 0.3) is 0 Å². The molecule has 0 bridgehead atoms. The molecule has 2 unspecified atom stereocenters. The highest BCUT2D eigenvalue weighted by Gasteiger charge is 2.48. The number of benzene rings is 1. The summed E-state index contributed by atoms with van der Waals surface area (Å²) in [5.74, 6) is -1.10. The van der Waals surface area contributed by atoms with E-state index in [-0.39, 0.29) is 56.5 Å². The Labute approximate surface area is 178 Å². The van der Waals surface area contributed by atoms with E-state index >= 15 is 0 Å². The van der Waals surface area contributed by atoms with Crippen LogP contribution in [0.2, 0.25) is 0 Å². The van der Waals surface area contributed by atoms with Gasteiger partial charge < -0.3 is 0 Å². The van der Waals surface area contributed by atoms with Crippen molar-refractivity contribution < 1.29 is 31.2 Å². The van der Waals surface area contributed by atoms with Crippen molar-refractivity contribution in [3.05, 3.63) is 42.0 Å². The van der Waals surface area contributed by atoms with Crippen LogP contribution in [0.1, 0.15) is 18.4 Å². The van der Waals surface area contributed by atoms with Gasteiger partial charge in [0.15, 0.2) is 0 Å². The second-order valence-electron chi connectivity index (χ2n) is 7.92. The zero-order valence-corrected chi connectivity index (χ0v) is 17.4. The molecule has 0 aromatic heterocycles. The highest BCUT2D eigenvalue weighted by molar-refractivity contribution is 7.89. The lowest BCUT2D eigenvalue weighted by Gasteiger charge is -2.35. The third-order valence-electron chi connectivity index (χ3n) is 6.08. The first-order valence-electron chi connectivity index (χ1n) is 9.99. The molecule has 0 radical (unpaired) electrons. The van der Waals surface area contributed by atoms with E-state index in [1.165, 1.54) is 11.0 Å². The number of piperazine rings is 1. The molecule has 0 spiro atoms. The molecule has 168 valence electrons. The van der Waals surface area contributed by atoms with Crippen molar-refractivity contribution in [1.82, 2.24) is 14.1 Å². The maximum absolute atomic E-state index is 13.3. The molecule has 2 amide bonds. The number of imide groups is 1. The lowest BCUT2D eigenvalue weighted by atomic mass is 9.85. The van der Waals surface area contributed by atoms with Gasteiger partial charge in [-0.05, 0) is 25.0 Å². The van der Waals surface area contributed by atoms with Crippen LogP contribution in [0.5, 0.6) is 0 Å². The summed E-state index contributed by atoms with van der Waals surface area (Å²) < 4.78 is 66.6. The Morgan fingerprint density at radius 1 is 0.903 bits per heavy atom. The van der Waals surface area contributed by atoms with E-state index in [1.54, 1.807) is 4.90 Å². The van der Waals surface area contributed by atoms with Crippen LogP contribution in [0.4, 0.5) is 13.2 Å². The minimum atomic E-state index is -4.78. The molecule has 1 aliphatic carbocycles. The van der Waals surface area contributed by atoms with Crippen molar-refractivity contribution in [3.8, 4) is 0 Å². The van der Waals surface area contributed by atoms with E-state index < -0.39 is 26.7 Å². The van der Waals surface area contributed by atoms with Crippen LogP contribution in [-0.4, -0.2) is 67.2 Å². The van der Waals surface area contributed by atoms with Crippen LogP contribution in [-0.2, 0) is 25.8 Å². The van der Waals surface area contributed by atoms with Gasteiger partial charge in [-0.25, -0.2) is 8.42 Å². The summed E-state index contributed by atoms with van der Waals surface area (Å²) in [5, 5.41) is 0. The number of carbonyl (C=O) groups is 2. The number of hydrogen-bond acceptors (Lipinski definition) is 5. The van der Waals surface area contributed by atoms with E-state index in [2.05, 4.69) is 0 Å². The highest BCUT2D eigenvalue weighted by Crippen LogP contribution is 2.36. The molecule has 2 heterocycles. The van der Waals surface area contributed by atoms with Crippen molar-refractivity contribution in [2.75, 3.05) is 32.8 Å². The molecule has 0 saturated carbocycles. The van der Waals surface area contributed by atoms with Crippen LogP contribution < -0.4 is 0 Å². The molecular weight excluding hydrogens is 435 g/mol. The standard InChI is InChI=1S/C20H22F3N3O4S/c21-20(22,23)16-7-3-4-8-17(16)31(29,30)25-11-9-24(10-12-25)13-26-18(27)14-5-1-2-6-15(14)19(26)28/h1-4,7-8,14-15H,5-6,9-13H2. The third kappa shape index (κ3) is 4.01. The monoisotopic (exact) mass is 457 g/mol. The molecule has 0 N–H and O–H groups in total. The number of likely N-dealkylation sites (tertiary alicyclic amines) is 1. The number of hydrogen-bond donors (Lipinski definition) is 0. The van der Waals surface area contributed by atoms with Gasteiger partial charge in [0, 0.05) is 26.2 Å². The predicted octanol–water partition coefficient (Wildman–Crippen LogP) is 1.92. The zero-order valence-electron chi connectivity index (χ0n) is 16.6. The van der Waals surface area contributed by atoms with Crippen LogP contribution >= 0.6 is 0 Å². The molecule has 2 aliphatic heterocycles. The second-order valence-corrected chi connectivity index (χ2v) is 9.82. The van der Waals surface area contributed by atoms with Crippen molar-refractivity contribution in [2.24, 2.45) is 11.8 Å². The number of amides is 2. The number of allylic oxidation sites excluding steroid dienone is 2. The fourth-order valence-corrected chi connectivity index (χ4v) is 6.02. The minimum Gasteiger partial charge on any atom is -0.283 e. The summed E-state index contributed by atoms with van der Waals surface area (Å²) in [5.41, 5.74) is -1.19. The molecule has 2 saturated heterocycles. The summed E-state index contributed by atoms with van der Waals surface area (Å²) in [6.07, 6.45) is 0.0941. The topological polar surface area (TPSA) is 78.0 Å². The van der Waals surface area contributed by atoms with Crippen molar-refractivity contribution in [1.29, 1.82) is 0 Å². The summed E-state index contributed by atoms with van der Waals surface area (Å²) in [4.78, 5) is 27.4. The molecule has 2 atom stereocenters. The number of carbonyl (C=O) groups excluding carboxylic acids is 2.